The average molecular weight is 649 g/mol. The first kappa shape index (κ1) is 34.6. The van der Waals surface area contributed by atoms with Crippen LogP contribution in [-0.4, -0.2) is 30.4 Å². The molecule has 0 radical (unpaired) electrons. The van der Waals surface area contributed by atoms with Gasteiger partial charge in [-0.1, -0.05) is 194 Å². The van der Waals surface area contributed by atoms with Crippen molar-refractivity contribution >= 4 is 23.5 Å². The van der Waals surface area contributed by atoms with E-state index in [2.05, 4.69) is 13.8 Å². The summed E-state index contributed by atoms with van der Waals surface area (Å²) < 4.78 is 50.3. The Bertz CT molecular complexity index is 796. The maximum atomic E-state index is 12.5. The first-order valence-electron chi connectivity index (χ1n) is 21.5. The van der Waals surface area contributed by atoms with Gasteiger partial charge in [-0.2, -0.15) is 0 Å². The third kappa shape index (κ3) is 34.1. The topological polar surface area (TPSA) is 52.6 Å². The molecule has 0 fully saturated rings. The van der Waals surface area contributed by atoms with Gasteiger partial charge >= 0.3 is 11.9 Å². The van der Waals surface area contributed by atoms with Crippen molar-refractivity contribution in [3.8, 4) is 0 Å². The van der Waals surface area contributed by atoms with Gasteiger partial charge in [-0.25, -0.2) is 0 Å². The van der Waals surface area contributed by atoms with Crippen LogP contribution in [-0.2, 0) is 19.1 Å². The van der Waals surface area contributed by atoms with Gasteiger partial charge in [-0.05, 0) is 12.8 Å². The molecule has 0 saturated heterocycles. The SMILES string of the molecule is [2H]C([2H])(Cl)C([2H])(OC(=O)CCCCCCCCCCCCCCCCC)C([2H])([2H])OC(=O)CCCCCCCCCCCCCCCCC. The van der Waals surface area contributed by atoms with Crippen molar-refractivity contribution in [1.82, 2.24) is 0 Å². The van der Waals surface area contributed by atoms with Crippen LogP contribution in [0, 0.1) is 0 Å². The second-order valence-corrected chi connectivity index (χ2v) is 13.1. The normalized spacial score (nSPS) is 15.0. The minimum absolute atomic E-state index is 0.0633. The van der Waals surface area contributed by atoms with E-state index in [9.17, 15) is 9.59 Å². The molecule has 0 aliphatic rings. The number of halogens is 1. The van der Waals surface area contributed by atoms with E-state index in [0.717, 1.165) is 44.9 Å². The highest BCUT2D eigenvalue weighted by Crippen LogP contribution is 2.16. The molecule has 0 spiro atoms. The summed E-state index contributed by atoms with van der Waals surface area (Å²) in [5.41, 5.74) is 0. The van der Waals surface area contributed by atoms with Gasteiger partial charge in [0.25, 0.3) is 0 Å². The second kappa shape index (κ2) is 36.7. The Morgan fingerprint density at radius 3 is 1.07 bits per heavy atom. The minimum atomic E-state index is -3.27. The maximum Gasteiger partial charge on any atom is 0.306 e. The van der Waals surface area contributed by atoms with E-state index in [-0.39, 0.29) is 12.8 Å². The van der Waals surface area contributed by atoms with Gasteiger partial charge in [-0.3, -0.25) is 9.59 Å². The summed E-state index contributed by atoms with van der Waals surface area (Å²) in [5.74, 6) is -4.97. The molecule has 0 aromatic heterocycles. The van der Waals surface area contributed by atoms with Crippen LogP contribution in [0.4, 0.5) is 0 Å². The number of hydrogen-bond acceptors (Lipinski definition) is 4. The molecule has 0 heterocycles. The third-order valence-corrected chi connectivity index (χ3v) is 8.70. The molecule has 1 unspecified atom stereocenters. The van der Waals surface area contributed by atoms with Crippen LogP contribution < -0.4 is 0 Å². The molecule has 0 N–H and O–H groups in total. The fraction of sp³-hybridized carbons (Fsp3) is 0.949. The van der Waals surface area contributed by atoms with E-state index in [1.807, 2.05) is 0 Å². The number of alkyl halides is 1. The molecule has 0 aromatic carbocycles. The van der Waals surface area contributed by atoms with Crippen molar-refractivity contribution in [3.63, 3.8) is 0 Å². The Kier molecular flexibility index (Phi) is 28.8. The van der Waals surface area contributed by atoms with Crippen LogP contribution in [0.2, 0.25) is 0 Å². The molecule has 1 atom stereocenters. The van der Waals surface area contributed by atoms with Gasteiger partial charge in [0.05, 0.1) is 9.94 Å². The standard InChI is InChI=1S/C39H75ClO4/c1-3-5-7-9-11-13-15-17-19-21-23-25-27-29-31-33-38(41)43-36-37(35-40)44-39(42)34-32-30-28-26-24-22-20-18-16-14-12-10-8-6-4-2/h37H,3-36H2,1-2H3/i35D2,36D2,37D. The number of carbonyl (C=O) groups excluding carboxylic acids is 2. The van der Waals surface area contributed by atoms with Crippen LogP contribution in [0.25, 0.3) is 0 Å². The Balaban J connectivity index is 4.14. The van der Waals surface area contributed by atoms with E-state index in [1.165, 1.54) is 135 Å². The lowest BCUT2D eigenvalue weighted by Gasteiger charge is -2.15. The molecule has 4 nitrogen and oxygen atoms in total. The van der Waals surface area contributed by atoms with Crippen molar-refractivity contribution in [3.05, 3.63) is 0 Å². The number of hydrogen-bond donors (Lipinski definition) is 0. The summed E-state index contributed by atoms with van der Waals surface area (Å²) in [5, 5.41) is 0. The number of esters is 2. The minimum Gasteiger partial charge on any atom is -0.462 e. The molecule has 0 aromatic rings. The van der Waals surface area contributed by atoms with Gasteiger partial charge in [0, 0.05) is 15.6 Å². The molecular weight excluding hydrogens is 568 g/mol. The maximum absolute atomic E-state index is 12.5. The fourth-order valence-electron chi connectivity index (χ4n) is 5.66. The summed E-state index contributed by atoms with van der Waals surface area (Å²) in [6.07, 6.45) is 32.0. The zero-order valence-electron chi connectivity index (χ0n) is 34.1. The molecule has 0 bridgehead atoms. The Morgan fingerprint density at radius 2 is 0.773 bits per heavy atom. The quantitative estimate of drug-likeness (QED) is 0.0385. The van der Waals surface area contributed by atoms with E-state index in [1.54, 1.807) is 0 Å². The van der Waals surface area contributed by atoms with Gasteiger partial charge in [0.1, 0.15) is 12.6 Å². The van der Waals surface area contributed by atoms with Crippen LogP contribution in [0.15, 0.2) is 0 Å². The lowest BCUT2D eigenvalue weighted by Crippen LogP contribution is -2.26. The van der Waals surface area contributed by atoms with Gasteiger partial charge < -0.3 is 9.47 Å². The number of rotatable bonds is 36. The van der Waals surface area contributed by atoms with E-state index < -0.39 is 30.4 Å². The number of ether oxygens (including phenoxy) is 2. The van der Waals surface area contributed by atoms with Crippen LogP contribution in [0.3, 0.4) is 0 Å². The monoisotopic (exact) mass is 648 g/mol. The third-order valence-electron chi connectivity index (χ3n) is 8.53. The van der Waals surface area contributed by atoms with Crippen molar-refractivity contribution < 1.29 is 25.9 Å². The van der Waals surface area contributed by atoms with E-state index in [4.69, 9.17) is 27.9 Å². The summed E-state index contributed by atoms with van der Waals surface area (Å²) in [6, 6.07) is 0. The molecule has 0 amide bonds. The lowest BCUT2D eigenvalue weighted by atomic mass is 10.0. The molecule has 0 rings (SSSR count). The first-order chi connectivity index (χ1) is 23.4. The molecule has 262 valence electrons. The first-order valence-corrected chi connectivity index (χ1v) is 19.4. The van der Waals surface area contributed by atoms with E-state index in [0.29, 0.717) is 12.8 Å². The van der Waals surface area contributed by atoms with Crippen LogP contribution in [0.5, 0.6) is 0 Å². The largest absolute Gasteiger partial charge is 0.462 e. The van der Waals surface area contributed by atoms with Crippen molar-refractivity contribution in [1.29, 1.82) is 0 Å². The molecule has 0 aliphatic heterocycles. The molecule has 0 saturated carbocycles. The highest BCUT2D eigenvalue weighted by atomic mass is 35.5. The summed E-state index contributed by atoms with van der Waals surface area (Å²) in [4.78, 5) is 25.0. The lowest BCUT2D eigenvalue weighted by molar-refractivity contribution is -0.157. The molecular formula is C39H75ClO4. The number of unbranched alkanes of at least 4 members (excludes halogenated alkanes) is 28. The molecule has 44 heavy (non-hydrogen) atoms. The van der Waals surface area contributed by atoms with Crippen LogP contribution in [0.1, 0.15) is 226 Å². The molecule has 5 heteroatoms. The highest BCUT2D eigenvalue weighted by Gasteiger charge is 2.16. The Morgan fingerprint density at radius 1 is 0.500 bits per heavy atom. The summed E-state index contributed by atoms with van der Waals surface area (Å²) in [6.45, 7) is 1.22. The van der Waals surface area contributed by atoms with Crippen LogP contribution >= 0.6 is 11.6 Å². The van der Waals surface area contributed by atoms with Crippen molar-refractivity contribution in [2.75, 3.05) is 12.4 Å². The number of carbonyl (C=O) groups is 2. The fourth-order valence-corrected chi connectivity index (χ4v) is 5.74. The van der Waals surface area contributed by atoms with Gasteiger partial charge in [0.2, 0.25) is 0 Å². The molecule has 0 aliphatic carbocycles. The zero-order chi connectivity index (χ0) is 36.7. The predicted octanol–water partition coefficient (Wildman–Crippen LogP) is 13.2. The Hall–Kier alpha value is -0.770. The smallest absolute Gasteiger partial charge is 0.306 e. The van der Waals surface area contributed by atoms with Gasteiger partial charge in [-0.15, -0.1) is 11.6 Å². The highest BCUT2D eigenvalue weighted by molar-refractivity contribution is 6.18. The second-order valence-electron chi connectivity index (χ2n) is 12.9. The van der Waals surface area contributed by atoms with Crippen molar-refractivity contribution in [2.45, 2.75) is 225 Å². The summed E-state index contributed by atoms with van der Waals surface area (Å²) in [7, 11) is 0. The van der Waals surface area contributed by atoms with Crippen molar-refractivity contribution in [2.24, 2.45) is 0 Å². The van der Waals surface area contributed by atoms with E-state index >= 15 is 0 Å². The summed E-state index contributed by atoms with van der Waals surface area (Å²) >= 11 is 5.73. The average Bonchev–Trinajstić information content (AvgIpc) is 3.03. The Labute approximate surface area is 286 Å². The zero-order valence-corrected chi connectivity index (χ0v) is 29.9. The van der Waals surface area contributed by atoms with Gasteiger partial charge in [0.15, 0.2) is 0 Å². The predicted molar refractivity (Wildman–Crippen MR) is 191 cm³/mol.